The molecule has 0 heterocycles. The molecule has 2 rings (SSSR count). The topological polar surface area (TPSA) is 52.9 Å². The first-order chi connectivity index (χ1) is 10.2. The van der Waals surface area contributed by atoms with Crippen LogP contribution in [0.4, 0.5) is 0 Å². The Morgan fingerprint density at radius 1 is 1.05 bits per heavy atom. The molecule has 0 atom stereocenters. The highest BCUT2D eigenvalue weighted by atomic mass is 16.1. The number of carbonyl (C=O) groups excluding carboxylic acids is 1. The summed E-state index contributed by atoms with van der Waals surface area (Å²) in [7, 11) is 0. The molecule has 21 heavy (non-hydrogen) atoms. The van der Waals surface area contributed by atoms with Crippen molar-refractivity contribution >= 4 is 5.91 Å². The molecular weight excluding hydrogens is 260 g/mol. The number of aryl methyl sites for hydroxylation is 1. The average Bonchev–Trinajstić information content (AvgIpc) is 2.56. The molecule has 108 valence electrons. The molecule has 3 nitrogen and oxygen atoms in total. The molecule has 2 aromatic carbocycles. The average molecular weight is 280 g/mol. The van der Waals surface area contributed by atoms with Gasteiger partial charge in [0.15, 0.2) is 0 Å². The van der Waals surface area contributed by atoms with Gasteiger partial charge in [-0.3, -0.25) is 4.79 Å². The van der Waals surface area contributed by atoms with Gasteiger partial charge in [-0.15, -0.1) is 0 Å². The molecule has 0 saturated carbocycles. The summed E-state index contributed by atoms with van der Waals surface area (Å²) in [5, 5.41) is 11.5. The van der Waals surface area contributed by atoms with Gasteiger partial charge in [0.05, 0.1) is 11.6 Å². The van der Waals surface area contributed by atoms with Crippen molar-refractivity contribution in [2.45, 2.75) is 27.3 Å². The van der Waals surface area contributed by atoms with Crippen molar-refractivity contribution in [3.8, 4) is 6.07 Å². The molecule has 2 aromatic rings. The van der Waals surface area contributed by atoms with E-state index in [1.54, 1.807) is 24.3 Å². The fraction of sp³-hybridized carbons (Fsp3) is 0.222. The summed E-state index contributed by atoms with van der Waals surface area (Å²) >= 11 is 0. The molecule has 0 radical (unpaired) electrons. The van der Waals surface area contributed by atoms with Gasteiger partial charge < -0.3 is 5.32 Å². The van der Waals surface area contributed by atoms with E-state index in [2.05, 4.69) is 5.32 Å². The number of rotatable bonds is 3. The van der Waals surface area contributed by atoms with Crippen LogP contribution in [0, 0.1) is 18.3 Å². The maximum atomic E-state index is 11.9. The van der Waals surface area contributed by atoms with Gasteiger partial charge in [-0.05, 0) is 36.8 Å². The molecule has 0 fully saturated rings. The highest BCUT2D eigenvalue weighted by Gasteiger charge is 2.04. The van der Waals surface area contributed by atoms with Gasteiger partial charge in [0.25, 0.3) is 5.91 Å². The van der Waals surface area contributed by atoms with Gasteiger partial charge in [-0.25, -0.2) is 0 Å². The lowest BCUT2D eigenvalue weighted by molar-refractivity contribution is 0.0951. The third kappa shape index (κ3) is 5.12. The van der Waals surface area contributed by atoms with Crippen molar-refractivity contribution in [3.63, 3.8) is 0 Å². The molecule has 0 unspecified atom stereocenters. The van der Waals surface area contributed by atoms with Crippen LogP contribution in [0.15, 0.2) is 48.5 Å². The monoisotopic (exact) mass is 280 g/mol. The molecule has 0 bridgehead atoms. The van der Waals surface area contributed by atoms with Crippen molar-refractivity contribution < 1.29 is 4.79 Å². The van der Waals surface area contributed by atoms with Gasteiger partial charge in [0.1, 0.15) is 0 Å². The Kier molecular flexibility index (Phi) is 6.70. The van der Waals surface area contributed by atoms with Crippen LogP contribution in [0.25, 0.3) is 0 Å². The van der Waals surface area contributed by atoms with Gasteiger partial charge in [0.2, 0.25) is 0 Å². The quantitative estimate of drug-likeness (QED) is 0.929. The van der Waals surface area contributed by atoms with E-state index >= 15 is 0 Å². The predicted octanol–water partition coefficient (Wildman–Crippen LogP) is 3.82. The minimum absolute atomic E-state index is 0.134. The number of hydrogen-bond donors (Lipinski definition) is 1. The molecule has 0 spiro atoms. The Labute approximate surface area is 126 Å². The van der Waals surface area contributed by atoms with Crippen LogP contribution in [0.3, 0.4) is 0 Å². The Morgan fingerprint density at radius 2 is 1.62 bits per heavy atom. The van der Waals surface area contributed by atoms with E-state index in [9.17, 15) is 4.79 Å². The first kappa shape index (κ1) is 16.5. The van der Waals surface area contributed by atoms with E-state index in [0.29, 0.717) is 17.7 Å². The van der Waals surface area contributed by atoms with Gasteiger partial charge in [-0.2, -0.15) is 5.26 Å². The lowest BCUT2D eigenvalue weighted by Crippen LogP contribution is -2.22. The summed E-state index contributed by atoms with van der Waals surface area (Å²) in [6, 6.07) is 16.6. The molecule has 1 amide bonds. The van der Waals surface area contributed by atoms with Crippen molar-refractivity contribution in [2.24, 2.45) is 0 Å². The number of hydrogen-bond acceptors (Lipinski definition) is 2. The fourth-order valence-corrected chi connectivity index (χ4v) is 1.69. The van der Waals surface area contributed by atoms with Crippen LogP contribution < -0.4 is 5.32 Å². The Hall–Kier alpha value is -2.60. The van der Waals surface area contributed by atoms with Gasteiger partial charge >= 0.3 is 0 Å². The summed E-state index contributed by atoms with van der Waals surface area (Å²) in [6.07, 6.45) is 0. The number of nitriles is 1. The van der Waals surface area contributed by atoms with Gasteiger partial charge in [-0.1, -0.05) is 43.7 Å². The minimum Gasteiger partial charge on any atom is -0.348 e. The smallest absolute Gasteiger partial charge is 0.251 e. The third-order valence-corrected chi connectivity index (χ3v) is 2.85. The second-order valence-electron chi connectivity index (χ2n) is 4.36. The number of carbonyl (C=O) groups is 1. The van der Waals surface area contributed by atoms with Gasteiger partial charge in [0, 0.05) is 12.1 Å². The zero-order valence-electron chi connectivity index (χ0n) is 12.7. The normalized spacial score (nSPS) is 9.05. The highest BCUT2D eigenvalue weighted by molar-refractivity contribution is 5.94. The van der Waals surface area contributed by atoms with Crippen LogP contribution >= 0.6 is 0 Å². The molecule has 0 aliphatic carbocycles. The number of amides is 1. The first-order valence-electron chi connectivity index (χ1n) is 7.03. The minimum atomic E-state index is -0.134. The van der Waals surface area contributed by atoms with Crippen molar-refractivity contribution in [1.82, 2.24) is 5.32 Å². The molecule has 3 heteroatoms. The molecule has 0 aliphatic rings. The van der Waals surface area contributed by atoms with Crippen molar-refractivity contribution in [1.29, 1.82) is 5.26 Å². The van der Waals surface area contributed by atoms with Crippen LogP contribution in [0.2, 0.25) is 0 Å². The van der Waals surface area contributed by atoms with E-state index in [1.165, 1.54) is 5.56 Å². The second kappa shape index (κ2) is 8.55. The van der Waals surface area contributed by atoms with E-state index in [1.807, 2.05) is 51.1 Å². The zero-order valence-corrected chi connectivity index (χ0v) is 12.7. The highest BCUT2D eigenvalue weighted by Crippen LogP contribution is 2.05. The summed E-state index contributed by atoms with van der Waals surface area (Å²) in [5.41, 5.74) is 3.37. The Morgan fingerprint density at radius 3 is 2.14 bits per heavy atom. The zero-order chi connectivity index (χ0) is 15.7. The van der Waals surface area contributed by atoms with Crippen LogP contribution in [0.5, 0.6) is 0 Å². The molecule has 0 aromatic heterocycles. The lowest BCUT2D eigenvalue weighted by atomic mass is 10.1. The molecule has 1 N–H and O–H groups in total. The summed E-state index contributed by atoms with van der Waals surface area (Å²) in [6.45, 7) is 6.53. The van der Waals surface area contributed by atoms with Crippen molar-refractivity contribution in [2.75, 3.05) is 0 Å². The molecular formula is C18H20N2O. The maximum Gasteiger partial charge on any atom is 0.251 e. The predicted molar refractivity (Wildman–Crippen MR) is 84.9 cm³/mol. The number of nitrogens with zero attached hydrogens (tertiary/aromatic N) is 1. The Bertz CT molecular complexity index is 607. The van der Waals surface area contributed by atoms with Crippen LogP contribution in [-0.4, -0.2) is 5.91 Å². The standard InChI is InChI=1S/C16H14N2O.C2H6/c1-12-2-4-14(5-3-12)11-18-16(19)15-8-6-13(10-17)7-9-15;1-2/h2-9H,11H2,1H3,(H,18,19);1-2H3. The summed E-state index contributed by atoms with van der Waals surface area (Å²) < 4.78 is 0. The van der Waals surface area contributed by atoms with E-state index < -0.39 is 0 Å². The van der Waals surface area contributed by atoms with Crippen LogP contribution in [0.1, 0.15) is 40.9 Å². The number of benzene rings is 2. The second-order valence-corrected chi connectivity index (χ2v) is 4.36. The summed E-state index contributed by atoms with van der Waals surface area (Å²) in [5.74, 6) is -0.134. The van der Waals surface area contributed by atoms with E-state index in [0.717, 1.165) is 5.56 Å². The third-order valence-electron chi connectivity index (χ3n) is 2.85. The fourth-order valence-electron chi connectivity index (χ4n) is 1.69. The SMILES string of the molecule is CC.Cc1ccc(CNC(=O)c2ccc(C#N)cc2)cc1. The summed E-state index contributed by atoms with van der Waals surface area (Å²) in [4.78, 5) is 11.9. The molecule has 0 saturated heterocycles. The number of nitrogens with one attached hydrogen (secondary N) is 1. The Balaban J connectivity index is 0.00000106. The first-order valence-corrected chi connectivity index (χ1v) is 7.03. The largest absolute Gasteiger partial charge is 0.348 e. The maximum absolute atomic E-state index is 11.9. The van der Waals surface area contributed by atoms with E-state index in [4.69, 9.17) is 5.26 Å². The van der Waals surface area contributed by atoms with E-state index in [-0.39, 0.29) is 5.91 Å². The molecule has 0 aliphatic heterocycles. The van der Waals surface area contributed by atoms with Crippen molar-refractivity contribution in [3.05, 3.63) is 70.8 Å². The van der Waals surface area contributed by atoms with Crippen LogP contribution in [-0.2, 0) is 6.54 Å². The lowest BCUT2D eigenvalue weighted by Gasteiger charge is -2.05.